The molecule has 0 spiro atoms. The quantitative estimate of drug-likeness (QED) is 0.718. The molecule has 5 nitrogen and oxygen atoms in total. The molecule has 0 radical (unpaired) electrons. The summed E-state index contributed by atoms with van der Waals surface area (Å²) in [4.78, 5) is 23.3. The van der Waals surface area contributed by atoms with Gasteiger partial charge in [-0.05, 0) is 38.5 Å². The van der Waals surface area contributed by atoms with Crippen molar-refractivity contribution in [1.82, 2.24) is 5.32 Å². The summed E-state index contributed by atoms with van der Waals surface area (Å²) in [6.07, 6.45) is 7.08. The summed E-state index contributed by atoms with van der Waals surface area (Å²) < 4.78 is 0. The van der Waals surface area contributed by atoms with Gasteiger partial charge in [-0.15, -0.1) is 0 Å². The first-order valence-corrected chi connectivity index (χ1v) is 7.30. The van der Waals surface area contributed by atoms with Crippen LogP contribution in [-0.2, 0) is 9.59 Å². The summed E-state index contributed by atoms with van der Waals surface area (Å²) in [5.74, 6) is -0.769. The highest BCUT2D eigenvalue weighted by atomic mass is 16.4. The zero-order chi connectivity index (χ0) is 13.9. The molecule has 0 bridgehead atoms. The number of aliphatic carboxylic acids is 1. The van der Waals surface area contributed by atoms with E-state index in [1.807, 2.05) is 0 Å². The number of nitrogens with two attached hydrogens (primary N) is 1. The van der Waals surface area contributed by atoms with E-state index in [0.29, 0.717) is 0 Å². The van der Waals surface area contributed by atoms with Crippen molar-refractivity contribution in [2.45, 2.75) is 69.4 Å². The highest BCUT2D eigenvalue weighted by Crippen LogP contribution is 2.34. The summed E-state index contributed by atoms with van der Waals surface area (Å²) in [6, 6.07) is 0.225. The van der Waals surface area contributed by atoms with Gasteiger partial charge in [-0.1, -0.05) is 12.8 Å². The zero-order valence-corrected chi connectivity index (χ0v) is 11.4. The van der Waals surface area contributed by atoms with Crippen LogP contribution in [0.3, 0.4) is 0 Å². The van der Waals surface area contributed by atoms with Crippen LogP contribution in [0.5, 0.6) is 0 Å². The number of carbonyl (C=O) groups excluding carboxylic acids is 1. The molecule has 2 aliphatic carbocycles. The maximum Gasteiger partial charge on any atom is 0.305 e. The van der Waals surface area contributed by atoms with Crippen LogP contribution in [0.1, 0.15) is 57.8 Å². The lowest BCUT2D eigenvalue weighted by Crippen LogP contribution is -2.50. The molecular formula is C14H24N2O3. The Balaban J connectivity index is 1.93. The average Bonchev–Trinajstić information content (AvgIpc) is 2.77. The van der Waals surface area contributed by atoms with Gasteiger partial charge in [0.2, 0.25) is 5.91 Å². The first-order valence-electron chi connectivity index (χ1n) is 7.30. The van der Waals surface area contributed by atoms with Gasteiger partial charge in [0, 0.05) is 12.0 Å². The van der Waals surface area contributed by atoms with E-state index in [-0.39, 0.29) is 24.3 Å². The van der Waals surface area contributed by atoms with E-state index in [4.69, 9.17) is 10.8 Å². The van der Waals surface area contributed by atoms with Crippen molar-refractivity contribution in [3.63, 3.8) is 0 Å². The second-order valence-electron chi connectivity index (χ2n) is 6.16. The number of carboxylic acid groups (broad SMARTS) is 1. The third-order valence-corrected chi connectivity index (χ3v) is 4.58. The minimum absolute atomic E-state index is 0.0195. The van der Waals surface area contributed by atoms with Gasteiger partial charge in [0.15, 0.2) is 0 Å². The standard InChI is InChI=1S/C14H24N2O3/c15-11-5-3-10(4-6-11)13(19)16-14(9-12(17)18)7-1-2-8-14/h10-11H,1-9,15H2,(H,16,19)(H,17,18). The fourth-order valence-electron chi connectivity index (χ4n) is 3.43. The molecule has 1 amide bonds. The molecule has 108 valence electrons. The second-order valence-corrected chi connectivity index (χ2v) is 6.16. The molecule has 2 rings (SSSR count). The summed E-state index contributed by atoms with van der Waals surface area (Å²) >= 11 is 0. The van der Waals surface area contributed by atoms with Crippen LogP contribution in [0, 0.1) is 5.92 Å². The largest absolute Gasteiger partial charge is 0.481 e. The molecule has 4 N–H and O–H groups in total. The van der Waals surface area contributed by atoms with E-state index < -0.39 is 11.5 Å². The van der Waals surface area contributed by atoms with Crippen LogP contribution in [0.2, 0.25) is 0 Å². The van der Waals surface area contributed by atoms with Gasteiger partial charge in [0.1, 0.15) is 0 Å². The monoisotopic (exact) mass is 268 g/mol. The fraction of sp³-hybridized carbons (Fsp3) is 0.857. The van der Waals surface area contributed by atoms with Crippen LogP contribution in [0.4, 0.5) is 0 Å². The molecule has 0 aromatic carbocycles. The third kappa shape index (κ3) is 3.69. The van der Waals surface area contributed by atoms with Crippen LogP contribution >= 0.6 is 0 Å². The molecule has 2 saturated carbocycles. The molecule has 0 aromatic heterocycles. The van der Waals surface area contributed by atoms with E-state index in [1.54, 1.807) is 0 Å². The topological polar surface area (TPSA) is 92.4 Å². The lowest BCUT2D eigenvalue weighted by molar-refractivity contribution is -0.139. The van der Waals surface area contributed by atoms with Gasteiger partial charge in [-0.25, -0.2) is 0 Å². The number of hydrogen-bond acceptors (Lipinski definition) is 3. The Bertz CT molecular complexity index is 343. The molecule has 0 heterocycles. The number of nitrogens with one attached hydrogen (secondary N) is 1. The first kappa shape index (κ1) is 14.3. The fourth-order valence-corrected chi connectivity index (χ4v) is 3.43. The Kier molecular flexibility index (Phi) is 4.45. The van der Waals surface area contributed by atoms with Gasteiger partial charge < -0.3 is 16.2 Å². The smallest absolute Gasteiger partial charge is 0.305 e. The number of rotatable bonds is 4. The normalized spacial score (nSPS) is 29.9. The van der Waals surface area contributed by atoms with Gasteiger partial charge in [-0.3, -0.25) is 9.59 Å². The molecule has 5 heteroatoms. The summed E-state index contributed by atoms with van der Waals surface area (Å²) in [5.41, 5.74) is 5.35. The first-order chi connectivity index (χ1) is 9.01. The van der Waals surface area contributed by atoms with Crippen molar-refractivity contribution in [2.24, 2.45) is 11.7 Å². The minimum atomic E-state index is -0.826. The number of carbonyl (C=O) groups is 2. The summed E-state index contributed by atoms with van der Waals surface area (Å²) in [7, 11) is 0. The number of carboxylic acids is 1. The summed E-state index contributed by atoms with van der Waals surface area (Å²) in [6.45, 7) is 0. The Labute approximate surface area is 113 Å². The lowest BCUT2D eigenvalue weighted by Gasteiger charge is -2.32. The van der Waals surface area contributed by atoms with E-state index in [1.165, 1.54) is 0 Å². The third-order valence-electron chi connectivity index (χ3n) is 4.58. The maximum atomic E-state index is 12.3. The average molecular weight is 268 g/mol. The molecule has 0 aromatic rings. The van der Waals surface area contributed by atoms with Gasteiger partial charge in [-0.2, -0.15) is 0 Å². The minimum Gasteiger partial charge on any atom is -0.481 e. The maximum absolute atomic E-state index is 12.3. The lowest BCUT2D eigenvalue weighted by atomic mass is 9.84. The van der Waals surface area contributed by atoms with Gasteiger partial charge >= 0.3 is 5.97 Å². The molecule has 19 heavy (non-hydrogen) atoms. The highest BCUT2D eigenvalue weighted by Gasteiger charge is 2.39. The zero-order valence-electron chi connectivity index (χ0n) is 11.4. The predicted molar refractivity (Wildman–Crippen MR) is 71.5 cm³/mol. The van der Waals surface area contributed by atoms with E-state index in [2.05, 4.69) is 5.32 Å². The summed E-state index contributed by atoms with van der Waals surface area (Å²) in [5, 5.41) is 12.1. The predicted octanol–water partition coefficient (Wildman–Crippen LogP) is 1.41. The number of hydrogen-bond donors (Lipinski definition) is 3. The van der Waals surface area contributed by atoms with Crippen molar-refractivity contribution in [2.75, 3.05) is 0 Å². The van der Waals surface area contributed by atoms with Crippen molar-refractivity contribution in [3.05, 3.63) is 0 Å². The van der Waals surface area contributed by atoms with Gasteiger partial charge in [0.25, 0.3) is 0 Å². The molecular weight excluding hydrogens is 244 g/mol. The Morgan fingerprint density at radius 2 is 1.74 bits per heavy atom. The van der Waals surface area contributed by atoms with Crippen molar-refractivity contribution < 1.29 is 14.7 Å². The molecule has 0 saturated heterocycles. The van der Waals surface area contributed by atoms with Crippen molar-refractivity contribution in [3.8, 4) is 0 Å². The van der Waals surface area contributed by atoms with Crippen LogP contribution in [-0.4, -0.2) is 28.6 Å². The van der Waals surface area contributed by atoms with Crippen LogP contribution < -0.4 is 11.1 Å². The highest BCUT2D eigenvalue weighted by molar-refractivity contribution is 5.80. The molecule has 0 aliphatic heterocycles. The molecule has 0 unspecified atom stereocenters. The van der Waals surface area contributed by atoms with Gasteiger partial charge in [0.05, 0.1) is 12.0 Å². The van der Waals surface area contributed by atoms with Crippen molar-refractivity contribution >= 4 is 11.9 Å². The SMILES string of the molecule is NC1CCC(C(=O)NC2(CC(=O)O)CCCC2)CC1. The van der Waals surface area contributed by atoms with E-state index in [9.17, 15) is 9.59 Å². The van der Waals surface area contributed by atoms with Crippen LogP contribution in [0.25, 0.3) is 0 Å². The van der Waals surface area contributed by atoms with E-state index >= 15 is 0 Å². The molecule has 2 aliphatic rings. The Hall–Kier alpha value is -1.10. The second kappa shape index (κ2) is 5.90. The Morgan fingerprint density at radius 3 is 2.26 bits per heavy atom. The van der Waals surface area contributed by atoms with E-state index in [0.717, 1.165) is 51.4 Å². The molecule has 0 atom stereocenters. The molecule has 2 fully saturated rings. The number of amides is 1. The Morgan fingerprint density at radius 1 is 1.16 bits per heavy atom. The van der Waals surface area contributed by atoms with Crippen molar-refractivity contribution in [1.29, 1.82) is 0 Å². The van der Waals surface area contributed by atoms with Crippen LogP contribution in [0.15, 0.2) is 0 Å².